The molecule has 15 heavy (non-hydrogen) atoms. The Morgan fingerprint density at radius 2 is 2.33 bits per heavy atom. The van der Waals surface area contributed by atoms with Crippen LogP contribution in [0.5, 0.6) is 0 Å². The van der Waals surface area contributed by atoms with Crippen molar-refractivity contribution in [2.24, 2.45) is 0 Å². The zero-order valence-electron chi connectivity index (χ0n) is 9.49. The van der Waals surface area contributed by atoms with Crippen LogP contribution in [0.4, 0.5) is 0 Å². The van der Waals surface area contributed by atoms with Gasteiger partial charge in [0.25, 0.3) is 0 Å². The quantitative estimate of drug-likeness (QED) is 0.817. The maximum Gasteiger partial charge on any atom is 0.0700 e. The molecule has 1 aromatic rings. The van der Waals surface area contributed by atoms with Crippen LogP contribution in [0.1, 0.15) is 24.5 Å². The first-order valence-electron chi connectivity index (χ1n) is 5.66. The molecule has 0 spiro atoms. The highest BCUT2D eigenvalue weighted by molar-refractivity contribution is 5.22. The maximum atomic E-state index is 5.52. The zero-order valence-corrected chi connectivity index (χ0v) is 9.49. The molecule has 2 atom stereocenters. The Bertz CT molecular complexity index is 324. The minimum Gasteiger partial charge on any atom is -0.377 e. The molecule has 0 aromatic heterocycles. The topological polar surface area (TPSA) is 21.3 Å². The predicted molar refractivity (Wildman–Crippen MR) is 61.8 cm³/mol. The molecule has 1 aliphatic rings. The Morgan fingerprint density at radius 1 is 1.47 bits per heavy atom. The lowest BCUT2D eigenvalue weighted by Crippen LogP contribution is -2.34. The van der Waals surface area contributed by atoms with Crippen molar-refractivity contribution in [2.75, 3.05) is 6.61 Å². The van der Waals surface area contributed by atoms with Gasteiger partial charge >= 0.3 is 0 Å². The Kier molecular flexibility index (Phi) is 3.39. The van der Waals surface area contributed by atoms with E-state index in [-0.39, 0.29) is 0 Å². The summed E-state index contributed by atoms with van der Waals surface area (Å²) in [6.07, 6.45) is 1.49. The van der Waals surface area contributed by atoms with Gasteiger partial charge in [-0.1, -0.05) is 29.8 Å². The summed E-state index contributed by atoms with van der Waals surface area (Å²) in [4.78, 5) is 0. The summed E-state index contributed by atoms with van der Waals surface area (Å²) in [6.45, 7) is 6.11. The van der Waals surface area contributed by atoms with E-state index in [1.807, 2.05) is 0 Å². The number of aryl methyl sites for hydroxylation is 1. The number of ether oxygens (including phenoxy) is 1. The van der Waals surface area contributed by atoms with Gasteiger partial charge < -0.3 is 10.1 Å². The van der Waals surface area contributed by atoms with Crippen LogP contribution in [-0.4, -0.2) is 18.8 Å². The van der Waals surface area contributed by atoms with Crippen LogP contribution in [0.3, 0.4) is 0 Å². The number of rotatable bonds is 3. The summed E-state index contributed by atoms with van der Waals surface area (Å²) >= 11 is 0. The van der Waals surface area contributed by atoms with E-state index >= 15 is 0 Å². The highest BCUT2D eigenvalue weighted by Crippen LogP contribution is 2.13. The first-order valence-corrected chi connectivity index (χ1v) is 5.66. The van der Waals surface area contributed by atoms with Crippen molar-refractivity contribution in [3.63, 3.8) is 0 Å². The van der Waals surface area contributed by atoms with Crippen LogP contribution in [0.25, 0.3) is 0 Å². The second kappa shape index (κ2) is 4.77. The van der Waals surface area contributed by atoms with E-state index in [4.69, 9.17) is 4.74 Å². The number of nitrogens with one attached hydrogen (secondary N) is 1. The second-order valence-electron chi connectivity index (χ2n) is 4.34. The predicted octanol–water partition coefficient (Wildman–Crippen LogP) is 2.26. The van der Waals surface area contributed by atoms with Gasteiger partial charge in [-0.3, -0.25) is 0 Å². The van der Waals surface area contributed by atoms with E-state index in [2.05, 4.69) is 43.4 Å². The van der Waals surface area contributed by atoms with Gasteiger partial charge in [-0.05, 0) is 25.8 Å². The summed E-state index contributed by atoms with van der Waals surface area (Å²) in [5.74, 6) is 0. The van der Waals surface area contributed by atoms with Crippen molar-refractivity contribution in [3.05, 3.63) is 35.4 Å². The van der Waals surface area contributed by atoms with Crippen LogP contribution in [0.15, 0.2) is 24.3 Å². The number of hydrogen-bond acceptors (Lipinski definition) is 2. The van der Waals surface area contributed by atoms with Crippen LogP contribution in [-0.2, 0) is 11.3 Å². The third-order valence-electron chi connectivity index (χ3n) is 3.03. The number of benzene rings is 1. The fourth-order valence-electron chi connectivity index (χ4n) is 2.07. The Morgan fingerprint density at radius 3 is 3.00 bits per heavy atom. The highest BCUT2D eigenvalue weighted by atomic mass is 16.5. The number of hydrogen-bond donors (Lipinski definition) is 1. The van der Waals surface area contributed by atoms with Crippen molar-refractivity contribution in [2.45, 2.75) is 39.0 Å². The highest BCUT2D eigenvalue weighted by Gasteiger charge is 2.23. The lowest BCUT2D eigenvalue weighted by Gasteiger charge is -2.16. The van der Waals surface area contributed by atoms with Crippen molar-refractivity contribution in [1.82, 2.24) is 5.32 Å². The molecule has 0 aliphatic carbocycles. The van der Waals surface area contributed by atoms with Crippen molar-refractivity contribution >= 4 is 0 Å². The summed E-state index contributed by atoms with van der Waals surface area (Å²) in [5.41, 5.74) is 2.68. The normalized spacial score (nSPS) is 25.7. The molecule has 1 heterocycles. The van der Waals surface area contributed by atoms with Crippen molar-refractivity contribution < 1.29 is 4.74 Å². The molecule has 1 saturated heterocycles. The molecule has 0 amide bonds. The van der Waals surface area contributed by atoms with Gasteiger partial charge in [0.2, 0.25) is 0 Å². The molecule has 2 nitrogen and oxygen atoms in total. The average Bonchev–Trinajstić information content (AvgIpc) is 2.61. The van der Waals surface area contributed by atoms with Crippen LogP contribution in [0, 0.1) is 6.92 Å². The van der Waals surface area contributed by atoms with E-state index in [0.29, 0.717) is 12.1 Å². The summed E-state index contributed by atoms with van der Waals surface area (Å²) in [5, 5.41) is 3.55. The molecule has 2 rings (SSSR count). The largest absolute Gasteiger partial charge is 0.377 e. The first kappa shape index (κ1) is 10.7. The Balaban J connectivity index is 1.87. The molecule has 1 fully saturated rings. The molecule has 0 radical (unpaired) electrons. The minimum atomic E-state index is 0.356. The molecule has 2 heteroatoms. The van der Waals surface area contributed by atoms with Gasteiger partial charge in [0.15, 0.2) is 0 Å². The van der Waals surface area contributed by atoms with E-state index in [9.17, 15) is 0 Å². The second-order valence-corrected chi connectivity index (χ2v) is 4.34. The summed E-state index contributed by atoms with van der Waals surface area (Å²) < 4.78 is 5.52. The fourth-order valence-corrected chi connectivity index (χ4v) is 2.07. The smallest absolute Gasteiger partial charge is 0.0700 e. The molecule has 0 unspecified atom stereocenters. The van der Waals surface area contributed by atoms with E-state index in [1.165, 1.54) is 11.1 Å². The Hall–Kier alpha value is -0.860. The third-order valence-corrected chi connectivity index (χ3v) is 3.03. The van der Waals surface area contributed by atoms with Crippen LogP contribution < -0.4 is 5.32 Å². The van der Waals surface area contributed by atoms with Crippen molar-refractivity contribution in [3.8, 4) is 0 Å². The van der Waals surface area contributed by atoms with Gasteiger partial charge in [-0.15, -0.1) is 0 Å². The third kappa shape index (κ3) is 2.80. The monoisotopic (exact) mass is 205 g/mol. The molecule has 1 aromatic carbocycles. The lowest BCUT2D eigenvalue weighted by atomic mass is 10.1. The standard InChI is InChI=1S/C13H19NO/c1-10-4-3-5-12(8-10)9-14-13-6-7-15-11(13)2/h3-5,8,11,13-14H,6-7,9H2,1-2H3/t11-,13-/m0/s1. The molecule has 0 bridgehead atoms. The van der Waals surface area contributed by atoms with E-state index in [0.717, 1.165) is 19.6 Å². The van der Waals surface area contributed by atoms with E-state index < -0.39 is 0 Å². The van der Waals surface area contributed by atoms with Gasteiger partial charge in [0.05, 0.1) is 6.10 Å². The van der Waals surface area contributed by atoms with Crippen molar-refractivity contribution in [1.29, 1.82) is 0 Å². The van der Waals surface area contributed by atoms with Gasteiger partial charge in [0.1, 0.15) is 0 Å². The average molecular weight is 205 g/mol. The van der Waals surface area contributed by atoms with Crippen LogP contribution in [0.2, 0.25) is 0 Å². The van der Waals surface area contributed by atoms with Crippen LogP contribution >= 0.6 is 0 Å². The van der Waals surface area contributed by atoms with Gasteiger partial charge in [-0.2, -0.15) is 0 Å². The Labute approximate surface area is 91.6 Å². The molecular formula is C13H19NO. The van der Waals surface area contributed by atoms with Gasteiger partial charge in [0, 0.05) is 19.2 Å². The molecule has 1 aliphatic heterocycles. The fraction of sp³-hybridized carbons (Fsp3) is 0.538. The minimum absolute atomic E-state index is 0.356. The summed E-state index contributed by atoms with van der Waals surface area (Å²) in [6, 6.07) is 9.16. The van der Waals surface area contributed by atoms with E-state index in [1.54, 1.807) is 0 Å². The molecular weight excluding hydrogens is 186 g/mol. The zero-order chi connectivity index (χ0) is 10.7. The lowest BCUT2D eigenvalue weighted by molar-refractivity contribution is 0.113. The maximum absolute atomic E-state index is 5.52. The summed E-state index contributed by atoms with van der Waals surface area (Å²) in [7, 11) is 0. The van der Waals surface area contributed by atoms with Gasteiger partial charge in [-0.25, -0.2) is 0 Å². The molecule has 0 saturated carbocycles. The SMILES string of the molecule is Cc1cccc(CN[C@H]2CCO[C@H]2C)c1. The molecule has 1 N–H and O–H groups in total. The first-order chi connectivity index (χ1) is 7.25. The molecule has 82 valence electrons.